The predicted octanol–water partition coefficient (Wildman–Crippen LogP) is 4.78. The second kappa shape index (κ2) is 5.17. The average Bonchev–Trinajstić information content (AvgIpc) is 2.47. The third-order valence-corrected chi connectivity index (χ3v) is 2.86. The molecule has 2 aromatic carbocycles. The zero-order valence-corrected chi connectivity index (χ0v) is 10.0. The van der Waals surface area contributed by atoms with E-state index in [9.17, 15) is 0 Å². The van der Waals surface area contributed by atoms with Gasteiger partial charge in [-0.2, -0.15) is 0 Å². The molecule has 85 valence electrons. The lowest BCUT2D eigenvalue weighted by Gasteiger charge is -2.11. The van der Waals surface area contributed by atoms with Crippen molar-refractivity contribution in [2.24, 2.45) is 0 Å². The van der Waals surface area contributed by atoms with Gasteiger partial charge >= 0.3 is 0 Å². The van der Waals surface area contributed by atoms with Crippen molar-refractivity contribution in [1.82, 2.24) is 0 Å². The maximum Gasteiger partial charge on any atom is 0.187 e. The fourth-order valence-corrected chi connectivity index (χ4v) is 1.74. The monoisotopic (exact) mass is 231 g/mol. The Morgan fingerprint density at radius 3 is 1.33 bits per heavy atom. The van der Waals surface area contributed by atoms with E-state index >= 15 is 0 Å². The van der Waals surface area contributed by atoms with Gasteiger partial charge in [-0.05, 0) is 11.1 Å². The Hall–Kier alpha value is -2.58. The molecule has 0 unspecified atom stereocenters. The van der Waals surface area contributed by atoms with Crippen LogP contribution in [0.1, 0.15) is 18.1 Å². The van der Waals surface area contributed by atoms with Gasteiger partial charge in [0.15, 0.2) is 11.4 Å². The largest absolute Gasteiger partial charge is 0.238 e. The van der Waals surface area contributed by atoms with Gasteiger partial charge in [0.25, 0.3) is 0 Å². The summed E-state index contributed by atoms with van der Waals surface area (Å²) in [5, 5.41) is 0. The fourth-order valence-electron chi connectivity index (χ4n) is 1.74. The Morgan fingerprint density at radius 1 is 0.722 bits per heavy atom. The Balaban J connectivity index is 2.27. The molecule has 2 heteroatoms. The van der Waals surface area contributed by atoms with E-state index in [0.29, 0.717) is 11.4 Å². The standard InChI is InChI=1S/C16H11N2/c1-12(13-4-8-15(17-2)9-5-13)14-6-10-16(18-3)11-7-14/h4-11H,1H3. The van der Waals surface area contributed by atoms with Gasteiger partial charge in [-0.25, -0.2) is 9.69 Å². The summed E-state index contributed by atoms with van der Waals surface area (Å²) in [6.07, 6.45) is 0. The van der Waals surface area contributed by atoms with E-state index in [2.05, 4.69) is 9.69 Å². The summed E-state index contributed by atoms with van der Waals surface area (Å²) in [7, 11) is 0. The topological polar surface area (TPSA) is 8.72 Å². The van der Waals surface area contributed by atoms with Crippen molar-refractivity contribution in [3.05, 3.63) is 88.4 Å². The van der Waals surface area contributed by atoms with Crippen molar-refractivity contribution in [2.75, 3.05) is 0 Å². The van der Waals surface area contributed by atoms with Crippen molar-refractivity contribution in [2.45, 2.75) is 6.92 Å². The SMILES string of the molecule is [C-]#[N+]c1ccc([C](C)c2ccc([N+]#[C-])cc2)cc1. The maximum atomic E-state index is 6.92. The molecule has 0 bridgehead atoms. The lowest BCUT2D eigenvalue weighted by atomic mass is 9.93. The molecule has 0 N–H and O–H groups in total. The number of rotatable bonds is 2. The summed E-state index contributed by atoms with van der Waals surface area (Å²) in [6, 6.07) is 15.1. The van der Waals surface area contributed by atoms with Gasteiger partial charge in [0.2, 0.25) is 0 Å². The van der Waals surface area contributed by atoms with Crippen LogP contribution < -0.4 is 0 Å². The Labute approximate surface area is 107 Å². The molecule has 0 aromatic heterocycles. The van der Waals surface area contributed by atoms with Crippen LogP contribution in [-0.2, 0) is 0 Å². The summed E-state index contributed by atoms with van der Waals surface area (Å²) >= 11 is 0. The summed E-state index contributed by atoms with van der Waals surface area (Å²) in [6.45, 7) is 15.9. The van der Waals surface area contributed by atoms with Crippen LogP contribution in [-0.4, -0.2) is 0 Å². The lowest BCUT2D eigenvalue weighted by molar-refractivity contribution is 1.19. The van der Waals surface area contributed by atoms with Gasteiger partial charge in [-0.3, -0.25) is 0 Å². The number of nitrogens with zero attached hydrogens (tertiary/aromatic N) is 2. The highest BCUT2D eigenvalue weighted by molar-refractivity contribution is 5.54. The van der Waals surface area contributed by atoms with Gasteiger partial charge in [-0.15, -0.1) is 0 Å². The van der Waals surface area contributed by atoms with Gasteiger partial charge in [-0.1, -0.05) is 55.5 Å². The summed E-state index contributed by atoms with van der Waals surface area (Å²) in [5.41, 5.74) is 3.49. The van der Waals surface area contributed by atoms with E-state index in [4.69, 9.17) is 13.1 Å². The van der Waals surface area contributed by atoms with E-state index in [-0.39, 0.29) is 0 Å². The second-order valence-corrected chi connectivity index (χ2v) is 3.94. The molecule has 0 aliphatic rings. The molecule has 2 rings (SSSR count). The smallest absolute Gasteiger partial charge is 0.187 e. The van der Waals surface area contributed by atoms with Crippen LogP contribution in [0.25, 0.3) is 9.69 Å². The minimum Gasteiger partial charge on any atom is -0.238 e. The lowest BCUT2D eigenvalue weighted by Crippen LogP contribution is -1.95. The third kappa shape index (κ3) is 2.39. The first-order valence-electron chi connectivity index (χ1n) is 5.54. The average molecular weight is 231 g/mol. The van der Waals surface area contributed by atoms with Crippen LogP contribution >= 0.6 is 0 Å². The van der Waals surface area contributed by atoms with E-state index in [0.717, 1.165) is 17.0 Å². The van der Waals surface area contributed by atoms with Crippen molar-refractivity contribution < 1.29 is 0 Å². The van der Waals surface area contributed by atoms with E-state index in [1.807, 2.05) is 55.5 Å². The molecule has 0 saturated carbocycles. The van der Waals surface area contributed by atoms with Gasteiger partial charge in [0.1, 0.15) is 0 Å². The van der Waals surface area contributed by atoms with Crippen molar-refractivity contribution in [3.63, 3.8) is 0 Å². The first-order valence-corrected chi connectivity index (χ1v) is 5.54. The molecule has 0 spiro atoms. The van der Waals surface area contributed by atoms with Crippen molar-refractivity contribution in [3.8, 4) is 0 Å². The van der Waals surface area contributed by atoms with Crippen molar-refractivity contribution >= 4 is 11.4 Å². The minimum absolute atomic E-state index is 0.648. The minimum atomic E-state index is 0.648. The number of benzene rings is 2. The molecule has 0 aliphatic heterocycles. The summed E-state index contributed by atoms with van der Waals surface area (Å²) < 4.78 is 0. The Kier molecular flexibility index (Phi) is 3.41. The second-order valence-electron chi connectivity index (χ2n) is 3.94. The van der Waals surface area contributed by atoms with Crippen LogP contribution in [0.2, 0.25) is 0 Å². The molecule has 1 radical (unpaired) electrons. The van der Waals surface area contributed by atoms with Gasteiger partial charge in [0.05, 0.1) is 13.1 Å². The summed E-state index contributed by atoms with van der Waals surface area (Å²) in [5.74, 6) is 1.14. The zero-order valence-electron chi connectivity index (χ0n) is 10.0. The molecule has 0 fully saturated rings. The molecule has 0 saturated heterocycles. The highest BCUT2D eigenvalue weighted by Gasteiger charge is 2.08. The maximum absolute atomic E-state index is 6.92. The fraction of sp³-hybridized carbons (Fsp3) is 0.0625. The molecular weight excluding hydrogens is 220 g/mol. The zero-order chi connectivity index (χ0) is 13.0. The molecule has 0 amide bonds. The molecule has 0 aliphatic carbocycles. The molecule has 0 atom stereocenters. The highest BCUT2D eigenvalue weighted by Crippen LogP contribution is 2.26. The van der Waals surface area contributed by atoms with E-state index < -0.39 is 0 Å². The van der Waals surface area contributed by atoms with Crippen LogP contribution in [0.5, 0.6) is 0 Å². The van der Waals surface area contributed by atoms with Crippen LogP contribution in [0.4, 0.5) is 11.4 Å². The highest BCUT2D eigenvalue weighted by atomic mass is 14.6. The molecular formula is C16H11N2. The normalized spacial score (nSPS) is 9.78. The number of hydrogen-bond acceptors (Lipinski definition) is 0. The molecule has 2 nitrogen and oxygen atoms in total. The molecule has 2 aromatic rings. The van der Waals surface area contributed by atoms with Gasteiger partial charge in [0, 0.05) is 5.92 Å². The summed E-state index contributed by atoms with van der Waals surface area (Å²) in [4.78, 5) is 6.75. The van der Waals surface area contributed by atoms with E-state index in [1.54, 1.807) is 0 Å². The van der Waals surface area contributed by atoms with Crippen LogP contribution in [0.15, 0.2) is 48.5 Å². The number of hydrogen-bond donors (Lipinski definition) is 0. The first-order chi connectivity index (χ1) is 8.74. The van der Waals surface area contributed by atoms with Crippen LogP contribution in [0.3, 0.4) is 0 Å². The first kappa shape index (κ1) is 11.9. The molecule has 18 heavy (non-hydrogen) atoms. The van der Waals surface area contributed by atoms with E-state index in [1.165, 1.54) is 0 Å². The van der Waals surface area contributed by atoms with Crippen LogP contribution in [0, 0.1) is 19.1 Å². The third-order valence-electron chi connectivity index (χ3n) is 2.86. The van der Waals surface area contributed by atoms with Crippen molar-refractivity contribution in [1.29, 1.82) is 0 Å². The predicted molar refractivity (Wildman–Crippen MR) is 72.5 cm³/mol. The Morgan fingerprint density at radius 2 is 1.06 bits per heavy atom. The Bertz CT molecular complexity index is 553. The molecule has 0 heterocycles. The van der Waals surface area contributed by atoms with Gasteiger partial charge < -0.3 is 0 Å². The quantitative estimate of drug-likeness (QED) is 0.658.